The van der Waals surface area contributed by atoms with Gasteiger partial charge in [-0.1, -0.05) is 26.0 Å². The maximum atomic E-state index is 9.55. The first-order valence-electron chi connectivity index (χ1n) is 5.89. The summed E-state index contributed by atoms with van der Waals surface area (Å²) >= 11 is 0. The third-order valence-corrected chi connectivity index (χ3v) is 2.29. The van der Waals surface area contributed by atoms with Crippen LogP contribution in [0.3, 0.4) is 0 Å². The minimum Gasteiger partial charge on any atom is -0.504 e. The van der Waals surface area contributed by atoms with Crippen LogP contribution < -0.4 is 5.32 Å². The van der Waals surface area contributed by atoms with Crippen molar-refractivity contribution in [3.8, 4) is 11.5 Å². The summed E-state index contributed by atoms with van der Waals surface area (Å²) in [4.78, 5) is 0. The summed E-state index contributed by atoms with van der Waals surface area (Å²) in [6, 6.07) is 4.95. The molecule has 0 aliphatic heterocycles. The summed E-state index contributed by atoms with van der Waals surface area (Å²) in [5.74, 6) is 0.411. The SMILES string of the molecule is CC(C)COCCNCc1cccc(O)c1O. The Labute approximate surface area is 102 Å². The highest BCUT2D eigenvalue weighted by atomic mass is 16.5. The van der Waals surface area contributed by atoms with Crippen molar-refractivity contribution in [1.29, 1.82) is 0 Å². The fourth-order valence-electron chi connectivity index (χ4n) is 1.41. The predicted octanol–water partition coefficient (Wildman–Crippen LogP) is 1.86. The lowest BCUT2D eigenvalue weighted by atomic mass is 10.2. The van der Waals surface area contributed by atoms with Crippen molar-refractivity contribution in [1.82, 2.24) is 5.32 Å². The van der Waals surface area contributed by atoms with Crippen LogP contribution in [0.2, 0.25) is 0 Å². The van der Waals surface area contributed by atoms with Crippen LogP contribution in [0.1, 0.15) is 19.4 Å². The second kappa shape index (κ2) is 7.14. The molecule has 0 heterocycles. The molecule has 0 aromatic heterocycles. The first kappa shape index (κ1) is 13.8. The van der Waals surface area contributed by atoms with Crippen molar-refractivity contribution in [2.45, 2.75) is 20.4 Å². The van der Waals surface area contributed by atoms with Crippen LogP contribution in [0.4, 0.5) is 0 Å². The normalized spacial score (nSPS) is 11.0. The Hall–Kier alpha value is -1.26. The van der Waals surface area contributed by atoms with Gasteiger partial charge >= 0.3 is 0 Å². The molecule has 1 aromatic rings. The van der Waals surface area contributed by atoms with Gasteiger partial charge in [-0.25, -0.2) is 0 Å². The van der Waals surface area contributed by atoms with Crippen LogP contribution in [-0.4, -0.2) is 30.0 Å². The highest BCUT2D eigenvalue weighted by Gasteiger charge is 2.04. The lowest BCUT2D eigenvalue weighted by Crippen LogP contribution is -2.20. The average molecular weight is 239 g/mol. The van der Waals surface area contributed by atoms with Gasteiger partial charge in [-0.3, -0.25) is 0 Å². The summed E-state index contributed by atoms with van der Waals surface area (Å²) < 4.78 is 5.41. The van der Waals surface area contributed by atoms with Gasteiger partial charge in [-0.15, -0.1) is 0 Å². The zero-order chi connectivity index (χ0) is 12.7. The highest BCUT2D eigenvalue weighted by molar-refractivity contribution is 5.44. The second-order valence-corrected chi connectivity index (χ2v) is 4.43. The molecular weight excluding hydrogens is 218 g/mol. The van der Waals surface area contributed by atoms with Gasteiger partial charge in [0.05, 0.1) is 6.61 Å². The molecule has 0 atom stereocenters. The molecule has 0 aliphatic rings. The Morgan fingerprint density at radius 1 is 1.29 bits per heavy atom. The predicted molar refractivity (Wildman–Crippen MR) is 67.1 cm³/mol. The third kappa shape index (κ3) is 5.06. The van der Waals surface area contributed by atoms with Crippen LogP contribution in [0.5, 0.6) is 11.5 Å². The maximum absolute atomic E-state index is 9.55. The van der Waals surface area contributed by atoms with Crippen LogP contribution >= 0.6 is 0 Å². The lowest BCUT2D eigenvalue weighted by molar-refractivity contribution is 0.111. The van der Waals surface area contributed by atoms with E-state index in [2.05, 4.69) is 19.2 Å². The van der Waals surface area contributed by atoms with E-state index in [0.29, 0.717) is 24.6 Å². The smallest absolute Gasteiger partial charge is 0.161 e. The standard InChI is InChI=1S/C13H21NO3/c1-10(2)9-17-7-6-14-8-11-4-3-5-12(15)13(11)16/h3-5,10,14-16H,6-9H2,1-2H3. The van der Waals surface area contributed by atoms with Crippen molar-refractivity contribution in [2.75, 3.05) is 19.8 Å². The molecule has 3 N–H and O–H groups in total. The molecule has 4 nitrogen and oxygen atoms in total. The fraction of sp³-hybridized carbons (Fsp3) is 0.538. The number of rotatable bonds is 7. The summed E-state index contributed by atoms with van der Waals surface area (Å²) in [6.07, 6.45) is 0. The summed E-state index contributed by atoms with van der Waals surface area (Å²) in [7, 11) is 0. The largest absolute Gasteiger partial charge is 0.504 e. The van der Waals surface area contributed by atoms with E-state index in [1.807, 2.05) is 0 Å². The summed E-state index contributed by atoms with van der Waals surface area (Å²) in [6.45, 7) is 6.88. The van der Waals surface area contributed by atoms with E-state index in [1.54, 1.807) is 12.1 Å². The minimum absolute atomic E-state index is 0.0527. The third-order valence-electron chi connectivity index (χ3n) is 2.29. The molecule has 0 unspecified atom stereocenters. The molecule has 0 aliphatic carbocycles. The zero-order valence-electron chi connectivity index (χ0n) is 10.4. The second-order valence-electron chi connectivity index (χ2n) is 4.43. The molecule has 0 spiro atoms. The molecule has 1 aromatic carbocycles. The number of nitrogens with one attached hydrogen (secondary N) is 1. The minimum atomic E-state index is -0.0830. The van der Waals surface area contributed by atoms with E-state index in [-0.39, 0.29) is 11.5 Å². The van der Waals surface area contributed by atoms with Gasteiger partial charge in [-0.2, -0.15) is 0 Å². The number of hydrogen-bond donors (Lipinski definition) is 3. The van der Waals surface area contributed by atoms with Gasteiger partial charge in [0.2, 0.25) is 0 Å². The van der Waals surface area contributed by atoms with E-state index in [1.165, 1.54) is 6.07 Å². The van der Waals surface area contributed by atoms with E-state index >= 15 is 0 Å². The molecule has 96 valence electrons. The van der Waals surface area contributed by atoms with Crippen molar-refractivity contribution < 1.29 is 14.9 Å². The number of aromatic hydroxyl groups is 2. The molecule has 0 radical (unpaired) electrons. The van der Waals surface area contributed by atoms with Crippen LogP contribution in [0.25, 0.3) is 0 Å². The first-order chi connectivity index (χ1) is 8.11. The Morgan fingerprint density at radius 2 is 2.06 bits per heavy atom. The Kier molecular flexibility index (Phi) is 5.80. The maximum Gasteiger partial charge on any atom is 0.161 e. The number of phenols is 2. The molecule has 17 heavy (non-hydrogen) atoms. The number of hydrogen-bond acceptors (Lipinski definition) is 4. The molecular formula is C13H21NO3. The molecule has 0 fully saturated rings. The van der Waals surface area contributed by atoms with Crippen LogP contribution in [0, 0.1) is 5.92 Å². The van der Waals surface area contributed by atoms with Gasteiger partial charge in [0, 0.05) is 25.3 Å². The Morgan fingerprint density at radius 3 is 2.76 bits per heavy atom. The molecule has 1 rings (SSSR count). The van der Waals surface area contributed by atoms with E-state index in [0.717, 1.165) is 13.2 Å². The first-order valence-corrected chi connectivity index (χ1v) is 5.89. The van der Waals surface area contributed by atoms with Crippen LogP contribution in [-0.2, 0) is 11.3 Å². The Bertz CT molecular complexity index is 339. The lowest BCUT2D eigenvalue weighted by Gasteiger charge is -2.09. The molecule has 0 saturated heterocycles. The van der Waals surface area contributed by atoms with Crippen molar-refractivity contribution in [2.24, 2.45) is 5.92 Å². The Balaban J connectivity index is 2.20. The number of para-hydroxylation sites is 1. The molecule has 0 amide bonds. The van der Waals surface area contributed by atoms with Crippen molar-refractivity contribution in [3.63, 3.8) is 0 Å². The van der Waals surface area contributed by atoms with E-state index in [4.69, 9.17) is 4.74 Å². The highest BCUT2D eigenvalue weighted by Crippen LogP contribution is 2.27. The van der Waals surface area contributed by atoms with E-state index < -0.39 is 0 Å². The van der Waals surface area contributed by atoms with Crippen molar-refractivity contribution in [3.05, 3.63) is 23.8 Å². The fourth-order valence-corrected chi connectivity index (χ4v) is 1.41. The van der Waals surface area contributed by atoms with Gasteiger partial charge in [-0.05, 0) is 12.0 Å². The monoisotopic (exact) mass is 239 g/mol. The van der Waals surface area contributed by atoms with Crippen molar-refractivity contribution >= 4 is 0 Å². The summed E-state index contributed by atoms with van der Waals surface area (Å²) in [5, 5.41) is 22.0. The zero-order valence-corrected chi connectivity index (χ0v) is 10.4. The van der Waals surface area contributed by atoms with E-state index in [9.17, 15) is 10.2 Å². The molecule has 0 bridgehead atoms. The summed E-state index contributed by atoms with van der Waals surface area (Å²) in [5.41, 5.74) is 0.689. The van der Waals surface area contributed by atoms with Crippen LogP contribution in [0.15, 0.2) is 18.2 Å². The van der Waals surface area contributed by atoms with Gasteiger partial charge in [0.15, 0.2) is 11.5 Å². The topological polar surface area (TPSA) is 61.7 Å². The van der Waals surface area contributed by atoms with Gasteiger partial charge in [0.1, 0.15) is 0 Å². The quantitative estimate of drug-likeness (QED) is 0.502. The average Bonchev–Trinajstić information content (AvgIpc) is 2.28. The number of ether oxygens (including phenoxy) is 1. The number of benzene rings is 1. The molecule has 4 heteroatoms. The van der Waals surface area contributed by atoms with Gasteiger partial charge in [0.25, 0.3) is 0 Å². The molecule has 0 saturated carbocycles. The van der Waals surface area contributed by atoms with Gasteiger partial charge < -0.3 is 20.3 Å². The number of phenolic OH excluding ortho intramolecular Hbond substituents is 2.